The first-order chi connectivity index (χ1) is 10.6. The summed E-state index contributed by atoms with van der Waals surface area (Å²) in [4.78, 5) is 26.8. The molecule has 2 N–H and O–H groups in total. The van der Waals surface area contributed by atoms with E-state index in [-0.39, 0.29) is 42.3 Å². The Morgan fingerprint density at radius 3 is 2.78 bits per heavy atom. The van der Waals surface area contributed by atoms with Gasteiger partial charge >= 0.3 is 0 Å². The summed E-state index contributed by atoms with van der Waals surface area (Å²) in [5, 5.41) is 6.29. The number of nitrogens with one attached hydrogen (secondary N) is 2. The van der Waals surface area contributed by atoms with Crippen LogP contribution in [0.15, 0.2) is 0 Å². The fraction of sp³-hybridized carbons (Fsp3) is 0.875. The average Bonchev–Trinajstić information content (AvgIpc) is 3.37. The maximum atomic E-state index is 12.7. The number of ether oxygens (including phenoxy) is 1. The molecule has 0 aromatic rings. The van der Waals surface area contributed by atoms with Gasteiger partial charge in [0, 0.05) is 26.2 Å². The molecule has 2 heterocycles. The highest BCUT2D eigenvalue weighted by Gasteiger charge is 2.35. The zero-order valence-corrected chi connectivity index (χ0v) is 14.6. The van der Waals surface area contributed by atoms with Crippen LogP contribution in [0, 0.1) is 11.8 Å². The van der Waals surface area contributed by atoms with Gasteiger partial charge in [0.15, 0.2) is 0 Å². The first kappa shape index (κ1) is 18.5. The number of carbonyl (C=O) groups is 2. The van der Waals surface area contributed by atoms with Crippen molar-refractivity contribution in [3.63, 3.8) is 0 Å². The van der Waals surface area contributed by atoms with E-state index in [1.54, 1.807) is 0 Å². The van der Waals surface area contributed by atoms with Gasteiger partial charge in [-0.1, -0.05) is 0 Å². The standard InChI is InChI=1S/C16H27N3O3.ClH/c1-11-14(17-6-8-22-11)16(21)19-7-2-3-13(10-19)15(20)18-9-12-4-5-12;/h11-14,17H,2-10H2,1H3,(H,18,20);1H/t11-,13?,14+;/m1./s1. The molecule has 0 spiro atoms. The first-order valence-corrected chi connectivity index (χ1v) is 8.56. The van der Waals surface area contributed by atoms with Crippen LogP contribution in [0.3, 0.4) is 0 Å². The van der Waals surface area contributed by atoms with Crippen LogP contribution in [-0.2, 0) is 14.3 Å². The SMILES string of the molecule is C[C@H]1OCCN[C@@H]1C(=O)N1CCCC(C(=O)NCC2CC2)C1.Cl. The smallest absolute Gasteiger partial charge is 0.242 e. The number of rotatable bonds is 4. The largest absolute Gasteiger partial charge is 0.375 e. The number of nitrogens with zero attached hydrogens (tertiary/aromatic N) is 1. The minimum absolute atomic E-state index is 0. The van der Waals surface area contributed by atoms with Crippen molar-refractivity contribution in [1.82, 2.24) is 15.5 Å². The van der Waals surface area contributed by atoms with Crippen molar-refractivity contribution in [2.45, 2.75) is 44.8 Å². The lowest BCUT2D eigenvalue weighted by Crippen LogP contribution is -2.58. The molecule has 132 valence electrons. The molecule has 7 heteroatoms. The molecular formula is C16H28ClN3O3. The lowest BCUT2D eigenvalue weighted by molar-refractivity contribution is -0.142. The van der Waals surface area contributed by atoms with Gasteiger partial charge in [-0.25, -0.2) is 0 Å². The molecule has 0 bridgehead atoms. The Morgan fingerprint density at radius 1 is 1.30 bits per heavy atom. The Kier molecular flexibility index (Phi) is 6.68. The Labute approximate surface area is 144 Å². The molecule has 1 aliphatic carbocycles. The van der Waals surface area contributed by atoms with Crippen molar-refractivity contribution >= 4 is 24.2 Å². The number of hydrogen-bond acceptors (Lipinski definition) is 4. The highest BCUT2D eigenvalue weighted by molar-refractivity contribution is 5.85. The summed E-state index contributed by atoms with van der Waals surface area (Å²) in [6.07, 6.45) is 4.15. The molecule has 3 atom stereocenters. The minimum atomic E-state index is -0.276. The van der Waals surface area contributed by atoms with Crippen LogP contribution in [-0.4, -0.2) is 61.6 Å². The molecule has 2 aliphatic heterocycles. The van der Waals surface area contributed by atoms with Gasteiger partial charge in [-0.05, 0) is 38.5 Å². The Bertz CT molecular complexity index is 431. The summed E-state index contributed by atoms with van der Waals surface area (Å²) in [5.41, 5.74) is 0. The Morgan fingerprint density at radius 2 is 2.09 bits per heavy atom. The van der Waals surface area contributed by atoms with Gasteiger partial charge in [0.1, 0.15) is 6.04 Å². The molecule has 0 aromatic heterocycles. The molecule has 2 saturated heterocycles. The van der Waals surface area contributed by atoms with Crippen LogP contribution in [0.4, 0.5) is 0 Å². The van der Waals surface area contributed by atoms with E-state index in [2.05, 4.69) is 10.6 Å². The number of piperidine rings is 1. The molecule has 1 unspecified atom stereocenters. The van der Waals surface area contributed by atoms with Gasteiger partial charge in [-0.2, -0.15) is 0 Å². The molecule has 1 saturated carbocycles. The average molecular weight is 346 g/mol. The Balaban J connectivity index is 0.00000192. The number of halogens is 1. The van der Waals surface area contributed by atoms with E-state index in [9.17, 15) is 9.59 Å². The van der Waals surface area contributed by atoms with Gasteiger partial charge in [0.05, 0.1) is 18.6 Å². The quantitative estimate of drug-likeness (QED) is 0.780. The summed E-state index contributed by atoms with van der Waals surface area (Å²) < 4.78 is 5.56. The van der Waals surface area contributed by atoms with Crippen molar-refractivity contribution in [3.8, 4) is 0 Å². The van der Waals surface area contributed by atoms with E-state index in [1.807, 2.05) is 11.8 Å². The van der Waals surface area contributed by atoms with Crippen molar-refractivity contribution in [2.24, 2.45) is 11.8 Å². The lowest BCUT2D eigenvalue weighted by Gasteiger charge is -2.37. The van der Waals surface area contributed by atoms with Crippen molar-refractivity contribution in [1.29, 1.82) is 0 Å². The minimum Gasteiger partial charge on any atom is -0.375 e. The van der Waals surface area contributed by atoms with Crippen LogP contribution in [0.1, 0.15) is 32.6 Å². The zero-order chi connectivity index (χ0) is 15.5. The maximum Gasteiger partial charge on any atom is 0.242 e. The number of morpholine rings is 1. The summed E-state index contributed by atoms with van der Waals surface area (Å²) in [6, 6.07) is -0.276. The Hall–Kier alpha value is -0.850. The topological polar surface area (TPSA) is 70.7 Å². The summed E-state index contributed by atoms with van der Waals surface area (Å²) in [7, 11) is 0. The van der Waals surface area contributed by atoms with Crippen LogP contribution in [0.25, 0.3) is 0 Å². The third-order valence-electron chi connectivity index (χ3n) is 4.95. The fourth-order valence-corrected chi connectivity index (χ4v) is 3.31. The van der Waals surface area contributed by atoms with Gasteiger partial charge < -0.3 is 20.3 Å². The van der Waals surface area contributed by atoms with Crippen molar-refractivity contribution < 1.29 is 14.3 Å². The fourth-order valence-electron chi connectivity index (χ4n) is 3.31. The monoisotopic (exact) mass is 345 g/mol. The second kappa shape index (κ2) is 8.31. The first-order valence-electron chi connectivity index (χ1n) is 8.56. The van der Waals surface area contributed by atoms with E-state index in [0.29, 0.717) is 25.6 Å². The molecule has 0 aromatic carbocycles. The summed E-state index contributed by atoms with van der Waals surface area (Å²) >= 11 is 0. The predicted molar refractivity (Wildman–Crippen MR) is 89.5 cm³/mol. The summed E-state index contributed by atoms with van der Waals surface area (Å²) in [6.45, 7) is 5.38. The van der Waals surface area contributed by atoms with E-state index >= 15 is 0 Å². The highest BCUT2D eigenvalue weighted by Crippen LogP contribution is 2.28. The van der Waals surface area contributed by atoms with Gasteiger partial charge in [0.25, 0.3) is 0 Å². The molecular weight excluding hydrogens is 318 g/mol. The van der Waals surface area contributed by atoms with Gasteiger partial charge in [-0.3, -0.25) is 9.59 Å². The number of carbonyl (C=O) groups excluding carboxylic acids is 2. The van der Waals surface area contributed by atoms with Crippen LogP contribution in [0.2, 0.25) is 0 Å². The van der Waals surface area contributed by atoms with Crippen LogP contribution >= 0.6 is 12.4 Å². The second-order valence-electron chi connectivity index (χ2n) is 6.82. The van der Waals surface area contributed by atoms with Crippen LogP contribution < -0.4 is 10.6 Å². The molecule has 3 aliphatic rings. The normalized spacial score (nSPS) is 31.2. The van der Waals surface area contributed by atoms with Gasteiger partial charge in [-0.15, -0.1) is 12.4 Å². The number of likely N-dealkylation sites (tertiary alicyclic amines) is 1. The van der Waals surface area contributed by atoms with Crippen molar-refractivity contribution in [3.05, 3.63) is 0 Å². The van der Waals surface area contributed by atoms with Gasteiger partial charge in [0.2, 0.25) is 11.8 Å². The number of hydrogen-bond donors (Lipinski definition) is 2. The molecule has 3 fully saturated rings. The summed E-state index contributed by atoms with van der Waals surface area (Å²) in [5.74, 6) is 0.822. The number of amides is 2. The van der Waals surface area contributed by atoms with Crippen molar-refractivity contribution in [2.75, 3.05) is 32.8 Å². The maximum absolute atomic E-state index is 12.7. The second-order valence-corrected chi connectivity index (χ2v) is 6.82. The molecule has 23 heavy (non-hydrogen) atoms. The van der Waals surface area contributed by atoms with E-state index in [4.69, 9.17) is 4.74 Å². The molecule has 0 radical (unpaired) electrons. The molecule has 3 rings (SSSR count). The highest BCUT2D eigenvalue weighted by atomic mass is 35.5. The predicted octanol–water partition coefficient (Wildman–Crippen LogP) is 0.550. The van der Waals surface area contributed by atoms with E-state index in [0.717, 1.165) is 25.9 Å². The third-order valence-corrected chi connectivity index (χ3v) is 4.95. The van der Waals surface area contributed by atoms with E-state index in [1.165, 1.54) is 12.8 Å². The molecule has 6 nitrogen and oxygen atoms in total. The lowest BCUT2D eigenvalue weighted by atomic mass is 9.96. The van der Waals surface area contributed by atoms with Crippen LogP contribution in [0.5, 0.6) is 0 Å². The molecule has 2 amide bonds. The van der Waals surface area contributed by atoms with E-state index < -0.39 is 0 Å². The zero-order valence-electron chi connectivity index (χ0n) is 13.8. The third kappa shape index (κ3) is 4.81.